The Kier molecular flexibility index (Phi) is 7.10. The van der Waals surface area contributed by atoms with Crippen LogP contribution in [0.1, 0.15) is 36.0 Å². The number of ether oxygens (including phenoxy) is 2. The number of pyridine rings is 1. The number of aromatic nitrogens is 1. The van der Waals surface area contributed by atoms with Crippen LogP contribution in [0.3, 0.4) is 0 Å². The third-order valence-electron chi connectivity index (χ3n) is 8.25. The number of hydrogen-bond acceptors (Lipinski definition) is 5. The van der Waals surface area contributed by atoms with E-state index in [1.807, 2.05) is 59.5 Å². The fourth-order valence-electron chi connectivity index (χ4n) is 6.35. The molecule has 6 nitrogen and oxygen atoms in total. The SMILES string of the molecule is COc1ccc2nc(N[C@H]3C[C@@H]4C[C@H]3[C@@H](OC(=O)N(Cc3ccccc3)Cc3ccccc3)C4)cc(C)c2c1. The van der Waals surface area contributed by atoms with E-state index in [1.54, 1.807) is 7.11 Å². The number of amides is 1. The van der Waals surface area contributed by atoms with Gasteiger partial charge in [-0.2, -0.15) is 0 Å². The lowest BCUT2D eigenvalue weighted by atomic mass is 9.92. The molecule has 39 heavy (non-hydrogen) atoms. The van der Waals surface area contributed by atoms with Gasteiger partial charge in [0, 0.05) is 30.4 Å². The van der Waals surface area contributed by atoms with Gasteiger partial charge in [-0.3, -0.25) is 4.90 Å². The number of nitrogens with one attached hydrogen (secondary N) is 1. The number of benzene rings is 3. The first kappa shape index (κ1) is 25.2. The van der Waals surface area contributed by atoms with Crippen molar-refractivity contribution in [2.24, 2.45) is 11.8 Å². The Hall–Kier alpha value is -4.06. The van der Waals surface area contributed by atoms with Crippen molar-refractivity contribution in [3.63, 3.8) is 0 Å². The average Bonchev–Trinajstić information content (AvgIpc) is 3.54. The van der Waals surface area contributed by atoms with Crippen molar-refractivity contribution in [2.75, 3.05) is 12.4 Å². The lowest BCUT2D eigenvalue weighted by Crippen LogP contribution is -2.40. The largest absolute Gasteiger partial charge is 0.497 e. The number of methoxy groups -OCH3 is 1. The molecule has 4 atom stereocenters. The molecule has 0 unspecified atom stereocenters. The molecule has 0 spiro atoms. The fourth-order valence-corrected chi connectivity index (χ4v) is 6.35. The molecular weight excluding hydrogens is 486 g/mol. The third kappa shape index (κ3) is 5.56. The molecule has 4 aromatic rings. The van der Waals surface area contributed by atoms with Crippen molar-refractivity contribution in [1.82, 2.24) is 9.88 Å². The maximum Gasteiger partial charge on any atom is 0.410 e. The molecule has 2 fully saturated rings. The zero-order chi connectivity index (χ0) is 26.8. The second-order valence-corrected chi connectivity index (χ2v) is 10.9. The van der Waals surface area contributed by atoms with E-state index >= 15 is 0 Å². The summed E-state index contributed by atoms with van der Waals surface area (Å²) in [6.07, 6.45) is 2.76. The van der Waals surface area contributed by atoms with Crippen LogP contribution >= 0.6 is 0 Å². The van der Waals surface area contributed by atoms with Crippen LogP contribution in [0.5, 0.6) is 5.75 Å². The van der Waals surface area contributed by atoms with Gasteiger partial charge in [-0.05, 0) is 73.1 Å². The van der Waals surface area contributed by atoms with Crippen LogP contribution in [0.4, 0.5) is 10.6 Å². The number of anilines is 1. The molecule has 6 rings (SSSR count). The summed E-state index contributed by atoms with van der Waals surface area (Å²) in [5, 5.41) is 4.79. The van der Waals surface area contributed by atoms with Gasteiger partial charge in [0.2, 0.25) is 0 Å². The summed E-state index contributed by atoms with van der Waals surface area (Å²) in [5.74, 6) is 2.55. The maximum atomic E-state index is 13.6. The second kappa shape index (κ2) is 11.0. The van der Waals surface area contributed by atoms with E-state index in [-0.39, 0.29) is 24.2 Å². The first-order valence-electron chi connectivity index (χ1n) is 13.8. The number of rotatable bonds is 8. The minimum Gasteiger partial charge on any atom is -0.497 e. The zero-order valence-corrected chi connectivity index (χ0v) is 22.5. The summed E-state index contributed by atoms with van der Waals surface area (Å²) in [6.45, 7) is 3.14. The second-order valence-electron chi connectivity index (χ2n) is 10.9. The minimum absolute atomic E-state index is 0.0892. The summed E-state index contributed by atoms with van der Waals surface area (Å²) in [4.78, 5) is 20.3. The Morgan fingerprint density at radius 1 is 0.923 bits per heavy atom. The van der Waals surface area contributed by atoms with Crippen LogP contribution in [-0.2, 0) is 17.8 Å². The molecule has 0 aliphatic heterocycles. The topological polar surface area (TPSA) is 63.7 Å². The smallest absolute Gasteiger partial charge is 0.410 e. The zero-order valence-electron chi connectivity index (χ0n) is 22.5. The van der Waals surface area contributed by atoms with Gasteiger partial charge in [0.05, 0.1) is 12.6 Å². The predicted octanol–water partition coefficient (Wildman–Crippen LogP) is 6.97. The number of nitrogens with zero attached hydrogens (tertiary/aromatic N) is 2. The van der Waals surface area contributed by atoms with Crippen molar-refractivity contribution >= 4 is 22.8 Å². The molecular formula is C33H35N3O3. The van der Waals surface area contributed by atoms with E-state index in [2.05, 4.69) is 42.6 Å². The molecule has 1 aromatic heterocycles. The normalized spacial score (nSPS) is 21.6. The van der Waals surface area contributed by atoms with E-state index in [0.29, 0.717) is 19.0 Å². The van der Waals surface area contributed by atoms with Crippen LogP contribution in [0.15, 0.2) is 84.9 Å². The minimum atomic E-state index is -0.243. The number of hydrogen-bond donors (Lipinski definition) is 1. The van der Waals surface area contributed by atoms with E-state index < -0.39 is 0 Å². The molecule has 2 saturated carbocycles. The molecule has 2 bridgehead atoms. The number of carbonyl (C=O) groups excluding carboxylic acids is 1. The molecule has 3 aromatic carbocycles. The van der Waals surface area contributed by atoms with E-state index in [0.717, 1.165) is 58.4 Å². The molecule has 1 amide bonds. The summed E-state index contributed by atoms with van der Waals surface area (Å²) < 4.78 is 11.6. The third-order valence-corrected chi connectivity index (χ3v) is 8.25. The van der Waals surface area contributed by atoms with Crippen molar-refractivity contribution in [3.05, 3.63) is 102 Å². The van der Waals surface area contributed by atoms with Gasteiger partial charge in [0.15, 0.2) is 0 Å². The highest BCUT2D eigenvalue weighted by molar-refractivity contribution is 5.85. The van der Waals surface area contributed by atoms with Gasteiger partial charge >= 0.3 is 6.09 Å². The van der Waals surface area contributed by atoms with E-state index in [4.69, 9.17) is 14.5 Å². The lowest BCUT2D eigenvalue weighted by Gasteiger charge is -2.32. The van der Waals surface area contributed by atoms with Crippen LogP contribution in [0.2, 0.25) is 0 Å². The van der Waals surface area contributed by atoms with Crippen molar-refractivity contribution < 1.29 is 14.3 Å². The van der Waals surface area contributed by atoms with Gasteiger partial charge in [0.25, 0.3) is 0 Å². The summed E-state index contributed by atoms with van der Waals surface area (Å²) in [5.41, 5.74) is 4.29. The fraction of sp³-hybridized carbons (Fsp3) is 0.333. The van der Waals surface area contributed by atoms with E-state index in [9.17, 15) is 4.79 Å². The molecule has 1 heterocycles. The summed E-state index contributed by atoms with van der Waals surface area (Å²) in [6, 6.07) is 28.6. The van der Waals surface area contributed by atoms with Crippen molar-refractivity contribution in [1.29, 1.82) is 0 Å². The number of fused-ring (bicyclic) bond motifs is 3. The Balaban J connectivity index is 1.16. The molecule has 0 saturated heterocycles. The highest BCUT2D eigenvalue weighted by atomic mass is 16.6. The van der Waals surface area contributed by atoms with Gasteiger partial charge in [-0.1, -0.05) is 60.7 Å². The van der Waals surface area contributed by atoms with Gasteiger partial charge in [0.1, 0.15) is 17.7 Å². The molecule has 2 aliphatic carbocycles. The van der Waals surface area contributed by atoms with Crippen LogP contribution in [-0.4, -0.2) is 35.2 Å². The van der Waals surface area contributed by atoms with Gasteiger partial charge in [-0.15, -0.1) is 0 Å². The number of aryl methyl sites for hydroxylation is 1. The molecule has 0 radical (unpaired) electrons. The summed E-state index contributed by atoms with van der Waals surface area (Å²) in [7, 11) is 1.68. The standard InChI is InChI=1S/C33H35N3O3/c1-22-15-32(34-29-14-13-26(38-2)19-27(22)29)35-30-17-25-16-28(30)31(18-25)39-33(37)36(20-23-9-5-3-6-10-23)21-24-11-7-4-8-12-24/h3-15,19,25,28,30-31H,16-18,20-21H2,1-2H3,(H,34,35)/t25-,28+,30-,31-/m0/s1. The predicted molar refractivity (Wildman–Crippen MR) is 154 cm³/mol. The monoisotopic (exact) mass is 521 g/mol. The Morgan fingerprint density at radius 2 is 1.62 bits per heavy atom. The van der Waals surface area contributed by atoms with Crippen LogP contribution in [0.25, 0.3) is 10.9 Å². The molecule has 2 aliphatic rings. The van der Waals surface area contributed by atoms with Gasteiger partial charge < -0.3 is 14.8 Å². The van der Waals surface area contributed by atoms with Crippen molar-refractivity contribution in [3.8, 4) is 5.75 Å². The Morgan fingerprint density at radius 3 is 2.26 bits per heavy atom. The molecule has 200 valence electrons. The van der Waals surface area contributed by atoms with Crippen LogP contribution < -0.4 is 10.1 Å². The average molecular weight is 522 g/mol. The maximum absolute atomic E-state index is 13.6. The summed E-state index contributed by atoms with van der Waals surface area (Å²) >= 11 is 0. The Labute approximate surface area is 230 Å². The Bertz CT molecular complexity index is 1400. The van der Waals surface area contributed by atoms with E-state index in [1.165, 1.54) is 0 Å². The van der Waals surface area contributed by atoms with Crippen LogP contribution in [0, 0.1) is 18.8 Å². The van der Waals surface area contributed by atoms with Gasteiger partial charge in [-0.25, -0.2) is 9.78 Å². The first-order chi connectivity index (χ1) is 19.1. The number of carbonyl (C=O) groups is 1. The highest BCUT2D eigenvalue weighted by Gasteiger charge is 2.48. The highest BCUT2D eigenvalue weighted by Crippen LogP contribution is 2.47. The molecule has 6 heteroatoms. The molecule has 1 N–H and O–H groups in total. The lowest BCUT2D eigenvalue weighted by molar-refractivity contribution is 0.0312. The first-order valence-corrected chi connectivity index (χ1v) is 13.8. The quantitative estimate of drug-likeness (QED) is 0.271. The van der Waals surface area contributed by atoms with Crippen molar-refractivity contribution in [2.45, 2.75) is 51.4 Å².